The Balaban J connectivity index is 2.22. The lowest BCUT2D eigenvalue weighted by molar-refractivity contribution is -0.119. The maximum atomic E-state index is 11.5. The fraction of sp³-hybridized carbons (Fsp3) is 0.500. The highest BCUT2D eigenvalue weighted by Crippen LogP contribution is 2.38. The molecule has 1 unspecified atom stereocenters. The van der Waals surface area contributed by atoms with E-state index in [1.165, 1.54) is 24.0 Å². The molecule has 0 heterocycles. The van der Waals surface area contributed by atoms with Crippen LogP contribution in [-0.4, -0.2) is 5.91 Å². The Hall–Kier alpha value is -1.31. The van der Waals surface area contributed by atoms with Crippen LogP contribution in [0.3, 0.4) is 0 Å². The van der Waals surface area contributed by atoms with E-state index in [1.54, 1.807) is 0 Å². The van der Waals surface area contributed by atoms with Crippen LogP contribution in [0.15, 0.2) is 18.2 Å². The van der Waals surface area contributed by atoms with Crippen molar-refractivity contribution in [2.75, 3.05) is 0 Å². The van der Waals surface area contributed by atoms with E-state index in [0.29, 0.717) is 0 Å². The number of carbonyl (C=O) groups excluding carboxylic acids is 1. The van der Waals surface area contributed by atoms with Gasteiger partial charge in [-0.1, -0.05) is 31.0 Å². The predicted molar refractivity (Wildman–Crippen MR) is 65.2 cm³/mol. The summed E-state index contributed by atoms with van der Waals surface area (Å²) in [5.41, 5.74) is 9.08. The second-order valence-electron chi connectivity index (χ2n) is 4.98. The molecule has 1 aliphatic carbocycles. The van der Waals surface area contributed by atoms with E-state index in [1.807, 2.05) is 6.07 Å². The van der Waals surface area contributed by atoms with E-state index in [-0.39, 0.29) is 11.8 Å². The van der Waals surface area contributed by atoms with Gasteiger partial charge in [0.05, 0.1) is 5.92 Å². The van der Waals surface area contributed by atoms with Crippen LogP contribution in [0.1, 0.15) is 41.9 Å². The van der Waals surface area contributed by atoms with Crippen LogP contribution in [-0.2, 0) is 4.79 Å². The van der Waals surface area contributed by atoms with Crippen LogP contribution in [0.5, 0.6) is 0 Å². The van der Waals surface area contributed by atoms with E-state index >= 15 is 0 Å². The van der Waals surface area contributed by atoms with Crippen LogP contribution in [0, 0.1) is 19.8 Å². The third-order valence-electron chi connectivity index (χ3n) is 3.54. The minimum absolute atomic E-state index is 0.0909. The molecule has 0 aliphatic heterocycles. The van der Waals surface area contributed by atoms with Gasteiger partial charge >= 0.3 is 0 Å². The Morgan fingerprint density at radius 3 is 2.56 bits per heavy atom. The smallest absolute Gasteiger partial charge is 0.224 e. The Bertz CT molecular complexity index is 407. The number of hydrogen-bond acceptors (Lipinski definition) is 1. The number of aryl methyl sites for hydroxylation is 2. The molecular formula is C14H19NO. The highest BCUT2D eigenvalue weighted by atomic mass is 16.1. The topological polar surface area (TPSA) is 43.1 Å². The number of amides is 1. The second-order valence-corrected chi connectivity index (χ2v) is 4.98. The van der Waals surface area contributed by atoms with Gasteiger partial charge in [-0.3, -0.25) is 4.79 Å². The molecule has 0 radical (unpaired) electrons. The zero-order valence-corrected chi connectivity index (χ0v) is 9.99. The first kappa shape index (κ1) is 11.2. The summed E-state index contributed by atoms with van der Waals surface area (Å²) in [6, 6.07) is 6.22. The van der Waals surface area contributed by atoms with E-state index in [2.05, 4.69) is 26.0 Å². The first-order valence-electron chi connectivity index (χ1n) is 5.94. The summed E-state index contributed by atoms with van der Waals surface area (Å²) < 4.78 is 0. The van der Waals surface area contributed by atoms with Crippen molar-refractivity contribution in [3.05, 3.63) is 34.9 Å². The first-order chi connectivity index (χ1) is 7.58. The van der Waals surface area contributed by atoms with Crippen molar-refractivity contribution in [2.45, 2.75) is 39.0 Å². The van der Waals surface area contributed by atoms with Crippen molar-refractivity contribution >= 4 is 5.91 Å². The fourth-order valence-electron chi connectivity index (χ4n) is 2.08. The molecule has 1 aliphatic rings. The van der Waals surface area contributed by atoms with E-state index in [0.717, 1.165) is 17.9 Å². The van der Waals surface area contributed by atoms with E-state index in [9.17, 15) is 4.79 Å². The molecule has 2 rings (SSSR count). The Morgan fingerprint density at radius 1 is 1.38 bits per heavy atom. The fourth-order valence-corrected chi connectivity index (χ4v) is 2.08. The molecule has 86 valence electrons. The van der Waals surface area contributed by atoms with Crippen molar-refractivity contribution in [3.8, 4) is 0 Å². The molecule has 1 atom stereocenters. The molecule has 0 aromatic heterocycles. The van der Waals surface area contributed by atoms with Gasteiger partial charge in [-0.15, -0.1) is 0 Å². The zero-order valence-electron chi connectivity index (χ0n) is 9.99. The van der Waals surface area contributed by atoms with E-state index in [4.69, 9.17) is 5.73 Å². The number of rotatable bonds is 4. The van der Waals surface area contributed by atoms with Gasteiger partial charge in [0.2, 0.25) is 5.91 Å². The molecule has 1 fully saturated rings. The number of primary amides is 1. The average molecular weight is 217 g/mol. The van der Waals surface area contributed by atoms with Gasteiger partial charge in [0.1, 0.15) is 0 Å². The lowest BCUT2D eigenvalue weighted by Crippen LogP contribution is -2.22. The molecule has 1 aromatic rings. The van der Waals surface area contributed by atoms with Crippen molar-refractivity contribution in [1.82, 2.24) is 0 Å². The Morgan fingerprint density at radius 2 is 2.06 bits per heavy atom. The van der Waals surface area contributed by atoms with Gasteiger partial charge in [0, 0.05) is 0 Å². The van der Waals surface area contributed by atoms with Gasteiger partial charge in [0.25, 0.3) is 0 Å². The maximum absolute atomic E-state index is 11.5. The number of hydrogen-bond donors (Lipinski definition) is 1. The van der Waals surface area contributed by atoms with Crippen molar-refractivity contribution < 1.29 is 4.79 Å². The second kappa shape index (κ2) is 4.28. The molecule has 1 saturated carbocycles. The van der Waals surface area contributed by atoms with Crippen LogP contribution in [0.2, 0.25) is 0 Å². The Labute approximate surface area is 96.8 Å². The standard InChI is InChI=1S/C14H19NO/c1-9-3-6-12(7-10(9)2)13(14(15)16)8-11-4-5-11/h3,6-7,11,13H,4-5,8H2,1-2H3,(H2,15,16). The molecule has 2 nitrogen and oxygen atoms in total. The van der Waals surface area contributed by atoms with Crippen molar-refractivity contribution in [3.63, 3.8) is 0 Å². The molecular weight excluding hydrogens is 198 g/mol. The molecule has 0 saturated heterocycles. The highest BCUT2D eigenvalue weighted by Gasteiger charge is 2.29. The molecule has 0 bridgehead atoms. The molecule has 16 heavy (non-hydrogen) atoms. The third-order valence-corrected chi connectivity index (χ3v) is 3.54. The molecule has 1 amide bonds. The Kier molecular flexibility index (Phi) is 2.99. The van der Waals surface area contributed by atoms with Gasteiger partial charge in [-0.2, -0.15) is 0 Å². The summed E-state index contributed by atoms with van der Waals surface area (Å²) in [4.78, 5) is 11.5. The lowest BCUT2D eigenvalue weighted by atomic mass is 9.91. The summed E-state index contributed by atoms with van der Waals surface area (Å²) in [7, 11) is 0. The van der Waals surface area contributed by atoms with Crippen LogP contribution in [0.4, 0.5) is 0 Å². The minimum atomic E-state index is -0.185. The largest absolute Gasteiger partial charge is 0.369 e. The summed E-state index contributed by atoms with van der Waals surface area (Å²) in [5.74, 6) is 0.445. The predicted octanol–water partition coefficient (Wildman–Crippen LogP) is 2.67. The lowest BCUT2D eigenvalue weighted by Gasteiger charge is -2.14. The third kappa shape index (κ3) is 2.43. The summed E-state index contributed by atoms with van der Waals surface area (Å²) in [6.45, 7) is 4.16. The quantitative estimate of drug-likeness (QED) is 0.827. The van der Waals surface area contributed by atoms with Gasteiger partial charge < -0.3 is 5.73 Å². The SMILES string of the molecule is Cc1ccc(C(CC2CC2)C(N)=O)cc1C. The maximum Gasteiger partial charge on any atom is 0.224 e. The summed E-state index contributed by atoms with van der Waals surface area (Å²) in [6.07, 6.45) is 3.45. The summed E-state index contributed by atoms with van der Waals surface area (Å²) in [5, 5.41) is 0. The van der Waals surface area contributed by atoms with Gasteiger partial charge in [-0.05, 0) is 42.9 Å². The summed E-state index contributed by atoms with van der Waals surface area (Å²) >= 11 is 0. The normalized spacial score (nSPS) is 17.1. The minimum Gasteiger partial charge on any atom is -0.369 e. The van der Waals surface area contributed by atoms with Gasteiger partial charge in [-0.25, -0.2) is 0 Å². The van der Waals surface area contributed by atoms with Crippen LogP contribution >= 0.6 is 0 Å². The monoisotopic (exact) mass is 217 g/mol. The highest BCUT2D eigenvalue weighted by molar-refractivity contribution is 5.82. The van der Waals surface area contributed by atoms with Gasteiger partial charge in [0.15, 0.2) is 0 Å². The molecule has 0 spiro atoms. The molecule has 1 aromatic carbocycles. The average Bonchev–Trinajstić information content (AvgIpc) is 3.02. The molecule has 2 N–H and O–H groups in total. The number of carbonyl (C=O) groups is 1. The van der Waals surface area contributed by atoms with E-state index < -0.39 is 0 Å². The first-order valence-corrected chi connectivity index (χ1v) is 5.94. The zero-order chi connectivity index (χ0) is 11.7. The molecule has 2 heteroatoms. The van der Waals surface area contributed by atoms with Crippen LogP contribution in [0.25, 0.3) is 0 Å². The van der Waals surface area contributed by atoms with Crippen molar-refractivity contribution in [1.29, 1.82) is 0 Å². The van der Waals surface area contributed by atoms with Crippen LogP contribution < -0.4 is 5.73 Å². The van der Waals surface area contributed by atoms with Crippen molar-refractivity contribution in [2.24, 2.45) is 11.7 Å². The number of nitrogens with two attached hydrogens (primary N) is 1. The number of benzene rings is 1.